The molecular formula is C10H18ClN3. The molecule has 0 aliphatic heterocycles. The summed E-state index contributed by atoms with van der Waals surface area (Å²) in [5.41, 5.74) is 1.26. The fourth-order valence-electron chi connectivity index (χ4n) is 1.11. The maximum absolute atomic E-state index is 6.00. The van der Waals surface area contributed by atoms with Crippen LogP contribution >= 0.6 is 11.6 Å². The summed E-state index contributed by atoms with van der Waals surface area (Å²) in [6, 6.07) is 0. The molecule has 80 valence electrons. The molecule has 0 fully saturated rings. The van der Waals surface area contributed by atoms with E-state index in [1.807, 2.05) is 7.05 Å². The topological polar surface area (TPSA) is 29.9 Å². The third kappa shape index (κ3) is 3.22. The second kappa shape index (κ2) is 4.22. The van der Waals surface area contributed by atoms with Crippen molar-refractivity contribution in [3.63, 3.8) is 0 Å². The lowest BCUT2D eigenvalue weighted by Gasteiger charge is -2.18. The first-order chi connectivity index (χ1) is 6.40. The van der Waals surface area contributed by atoms with Crippen molar-refractivity contribution < 1.29 is 0 Å². The van der Waals surface area contributed by atoms with Gasteiger partial charge in [-0.15, -0.1) is 0 Å². The first-order valence-electron chi connectivity index (χ1n) is 4.81. The highest BCUT2D eigenvalue weighted by molar-refractivity contribution is 6.32. The van der Waals surface area contributed by atoms with Crippen LogP contribution in [0.15, 0.2) is 6.20 Å². The molecule has 1 rings (SSSR count). The fourth-order valence-corrected chi connectivity index (χ4v) is 1.27. The summed E-state index contributed by atoms with van der Waals surface area (Å²) >= 11 is 6.00. The monoisotopic (exact) mass is 215 g/mol. The Hall–Kier alpha value is -0.700. The first kappa shape index (κ1) is 11.4. The molecule has 1 aromatic rings. The predicted octanol–water partition coefficient (Wildman–Crippen LogP) is 2.92. The summed E-state index contributed by atoms with van der Waals surface area (Å²) in [7, 11) is 1.83. The van der Waals surface area contributed by atoms with Crippen LogP contribution in [0.2, 0.25) is 5.15 Å². The van der Waals surface area contributed by atoms with Crippen LogP contribution in [0.3, 0.4) is 0 Å². The van der Waals surface area contributed by atoms with Gasteiger partial charge in [0.2, 0.25) is 0 Å². The standard InChI is InChI=1S/C10H18ClN3/c1-10(2,3)5-6-12-8-7-13-14(4)9(8)11/h7,12H,5-6H2,1-4H3. The number of nitrogens with one attached hydrogen (secondary N) is 1. The maximum atomic E-state index is 6.00. The second-order valence-electron chi connectivity index (χ2n) is 4.71. The highest BCUT2D eigenvalue weighted by Crippen LogP contribution is 2.22. The summed E-state index contributed by atoms with van der Waals surface area (Å²) in [4.78, 5) is 0. The zero-order valence-corrected chi connectivity index (χ0v) is 10.0. The molecule has 0 aliphatic rings. The molecule has 0 saturated heterocycles. The van der Waals surface area contributed by atoms with Crippen molar-refractivity contribution in [2.24, 2.45) is 12.5 Å². The number of rotatable bonds is 3. The molecule has 3 nitrogen and oxygen atoms in total. The molecule has 0 aromatic carbocycles. The summed E-state index contributed by atoms with van der Waals surface area (Å²) in [5.74, 6) is 0. The van der Waals surface area contributed by atoms with Crippen LogP contribution < -0.4 is 5.32 Å². The predicted molar refractivity (Wildman–Crippen MR) is 60.8 cm³/mol. The first-order valence-corrected chi connectivity index (χ1v) is 5.19. The van der Waals surface area contributed by atoms with Crippen molar-refractivity contribution in [3.8, 4) is 0 Å². The molecule has 1 N–H and O–H groups in total. The van der Waals surface area contributed by atoms with Crippen LogP contribution in [0.25, 0.3) is 0 Å². The molecule has 0 spiro atoms. The highest BCUT2D eigenvalue weighted by Gasteiger charge is 2.10. The smallest absolute Gasteiger partial charge is 0.149 e. The van der Waals surface area contributed by atoms with Crippen LogP contribution in [-0.2, 0) is 7.05 Å². The molecule has 0 bridgehead atoms. The Balaban J connectivity index is 2.43. The second-order valence-corrected chi connectivity index (χ2v) is 5.07. The quantitative estimate of drug-likeness (QED) is 0.841. The molecule has 14 heavy (non-hydrogen) atoms. The van der Waals surface area contributed by atoms with Gasteiger partial charge in [0.15, 0.2) is 0 Å². The number of anilines is 1. The highest BCUT2D eigenvalue weighted by atomic mass is 35.5. The summed E-state index contributed by atoms with van der Waals surface area (Å²) in [5, 5.41) is 7.99. The van der Waals surface area contributed by atoms with E-state index < -0.39 is 0 Å². The summed E-state index contributed by atoms with van der Waals surface area (Å²) in [6.07, 6.45) is 2.86. The van der Waals surface area contributed by atoms with Crippen molar-refractivity contribution in [2.45, 2.75) is 27.2 Å². The van der Waals surface area contributed by atoms with E-state index in [1.165, 1.54) is 0 Å². The van der Waals surface area contributed by atoms with E-state index in [9.17, 15) is 0 Å². The average molecular weight is 216 g/mol. The minimum absolute atomic E-state index is 0.349. The van der Waals surface area contributed by atoms with Gasteiger partial charge in [-0.25, -0.2) is 0 Å². The molecule has 4 heteroatoms. The van der Waals surface area contributed by atoms with Gasteiger partial charge < -0.3 is 5.32 Å². The van der Waals surface area contributed by atoms with E-state index in [-0.39, 0.29) is 0 Å². The Morgan fingerprint density at radius 2 is 2.14 bits per heavy atom. The van der Waals surface area contributed by atoms with Gasteiger partial charge in [-0.1, -0.05) is 32.4 Å². The van der Waals surface area contributed by atoms with Gasteiger partial charge in [-0.05, 0) is 11.8 Å². The lowest BCUT2D eigenvalue weighted by molar-refractivity contribution is 0.390. The maximum Gasteiger partial charge on any atom is 0.149 e. The molecule has 0 unspecified atom stereocenters. The van der Waals surface area contributed by atoms with E-state index in [0.29, 0.717) is 10.6 Å². The normalized spacial score (nSPS) is 11.8. The molecule has 0 amide bonds. The third-order valence-corrected chi connectivity index (χ3v) is 2.51. The van der Waals surface area contributed by atoms with Crippen molar-refractivity contribution in [3.05, 3.63) is 11.3 Å². The molecule has 0 saturated carbocycles. The zero-order chi connectivity index (χ0) is 10.8. The Morgan fingerprint density at radius 3 is 2.57 bits per heavy atom. The van der Waals surface area contributed by atoms with Gasteiger partial charge in [0.05, 0.1) is 11.9 Å². The summed E-state index contributed by atoms with van der Waals surface area (Å²) < 4.78 is 1.65. The van der Waals surface area contributed by atoms with Crippen molar-refractivity contribution in [1.29, 1.82) is 0 Å². The van der Waals surface area contributed by atoms with Gasteiger partial charge in [0.25, 0.3) is 0 Å². The van der Waals surface area contributed by atoms with Gasteiger partial charge in [-0.2, -0.15) is 5.10 Å². The minimum atomic E-state index is 0.349. The number of halogens is 1. The van der Waals surface area contributed by atoms with Gasteiger partial charge in [0.1, 0.15) is 5.15 Å². The zero-order valence-electron chi connectivity index (χ0n) is 9.26. The Kier molecular flexibility index (Phi) is 3.43. The van der Waals surface area contributed by atoms with Gasteiger partial charge in [-0.3, -0.25) is 4.68 Å². The number of aromatic nitrogens is 2. The number of hydrogen-bond acceptors (Lipinski definition) is 2. The number of hydrogen-bond donors (Lipinski definition) is 1. The van der Waals surface area contributed by atoms with Crippen LogP contribution in [-0.4, -0.2) is 16.3 Å². The molecule has 0 aliphatic carbocycles. The van der Waals surface area contributed by atoms with Crippen LogP contribution in [0, 0.1) is 5.41 Å². The SMILES string of the molecule is Cn1ncc(NCCC(C)(C)C)c1Cl. The average Bonchev–Trinajstić information content (AvgIpc) is 2.33. The lowest BCUT2D eigenvalue weighted by atomic mass is 9.92. The molecule has 0 atom stereocenters. The Bertz CT molecular complexity index is 299. The number of nitrogens with zero attached hydrogens (tertiary/aromatic N) is 2. The van der Waals surface area contributed by atoms with Crippen LogP contribution in [0.1, 0.15) is 27.2 Å². The molecular weight excluding hydrogens is 198 g/mol. The fraction of sp³-hybridized carbons (Fsp3) is 0.700. The van der Waals surface area contributed by atoms with Gasteiger partial charge in [0, 0.05) is 13.6 Å². The molecule has 1 aromatic heterocycles. The van der Waals surface area contributed by atoms with E-state index in [4.69, 9.17) is 11.6 Å². The lowest BCUT2D eigenvalue weighted by Crippen LogP contribution is -2.12. The molecule has 0 radical (unpaired) electrons. The van der Waals surface area contributed by atoms with E-state index in [1.54, 1.807) is 10.9 Å². The van der Waals surface area contributed by atoms with Crippen molar-refractivity contribution in [2.75, 3.05) is 11.9 Å². The Morgan fingerprint density at radius 1 is 1.50 bits per heavy atom. The number of aryl methyl sites for hydroxylation is 1. The summed E-state index contributed by atoms with van der Waals surface area (Å²) in [6.45, 7) is 7.59. The molecule has 1 heterocycles. The van der Waals surface area contributed by atoms with E-state index >= 15 is 0 Å². The van der Waals surface area contributed by atoms with E-state index in [0.717, 1.165) is 18.7 Å². The van der Waals surface area contributed by atoms with Gasteiger partial charge >= 0.3 is 0 Å². The van der Waals surface area contributed by atoms with Crippen molar-refractivity contribution in [1.82, 2.24) is 9.78 Å². The third-order valence-electron chi connectivity index (χ3n) is 2.06. The van der Waals surface area contributed by atoms with Crippen LogP contribution in [0.5, 0.6) is 0 Å². The minimum Gasteiger partial charge on any atom is -0.381 e. The largest absolute Gasteiger partial charge is 0.381 e. The van der Waals surface area contributed by atoms with E-state index in [2.05, 4.69) is 31.2 Å². The Labute approximate surface area is 90.4 Å². The van der Waals surface area contributed by atoms with Crippen molar-refractivity contribution >= 4 is 17.3 Å². The van der Waals surface area contributed by atoms with Crippen LogP contribution in [0.4, 0.5) is 5.69 Å².